The summed E-state index contributed by atoms with van der Waals surface area (Å²) in [5.74, 6) is -3.97. The van der Waals surface area contributed by atoms with E-state index in [-0.39, 0.29) is 29.3 Å². The number of carbonyl (C=O) groups is 4. The van der Waals surface area contributed by atoms with Crippen LogP contribution in [0, 0.1) is 10.1 Å². The number of hydrogen-bond acceptors (Lipinski definition) is 10. The van der Waals surface area contributed by atoms with Crippen LogP contribution in [0.3, 0.4) is 0 Å². The highest BCUT2D eigenvalue weighted by molar-refractivity contribution is 8.00. The van der Waals surface area contributed by atoms with E-state index < -0.39 is 45.8 Å². The number of carboxylic acids is 1. The summed E-state index contributed by atoms with van der Waals surface area (Å²) in [6.07, 6.45) is 0.297. The lowest BCUT2D eigenvalue weighted by Gasteiger charge is -2.53. The normalized spacial score (nSPS) is 19.4. The van der Waals surface area contributed by atoms with Gasteiger partial charge in [0.25, 0.3) is 17.1 Å². The molecule has 12 nitrogen and oxygen atoms in total. The molecule has 2 atom stereocenters. The molecule has 44 heavy (non-hydrogen) atoms. The maximum Gasteiger partial charge on any atom is 0.356 e. The molecule has 1 unspecified atom stereocenters. The van der Waals surface area contributed by atoms with Gasteiger partial charge in [0.15, 0.2) is 6.10 Å². The van der Waals surface area contributed by atoms with E-state index in [1.165, 1.54) is 31.2 Å². The molecule has 1 amide bonds. The van der Waals surface area contributed by atoms with Crippen molar-refractivity contribution in [1.29, 1.82) is 0 Å². The zero-order valence-electron chi connectivity index (χ0n) is 23.2. The van der Waals surface area contributed by atoms with E-state index in [1.807, 2.05) is 12.1 Å². The topological polar surface area (TPSA) is 166 Å². The number of nitrogens with zero attached hydrogens (tertiary/aromatic N) is 3. The van der Waals surface area contributed by atoms with Crippen molar-refractivity contribution >= 4 is 47.5 Å². The highest BCUT2D eigenvalue weighted by Gasteiger charge is 2.70. The van der Waals surface area contributed by atoms with Gasteiger partial charge in [0, 0.05) is 36.6 Å². The molecule has 1 fully saturated rings. The average Bonchev–Trinajstić information content (AvgIpc) is 3.03. The molecule has 5 rings (SSSR count). The summed E-state index contributed by atoms with van der Waals surface area (Å²) in [6, 6.07) is 23.2. The fourth-order valence-corrected chi connectivity index (χ4v) is 6.30. The zero-order chi connectivity index (χ0) is 31.4. The second-order valence-corrected chi connectivity index (χ2v) is 10.9. The molecule has 0 spiro atoms. The van der Waals surface area contributed by atoms with E-state index in [2.05, 4.69) is 4.99 Å². The smallest absolute Gasteiger partial charge is 0.356 e. The number of β-lactam (4-membered cyclic amide) rings is 1. The van der Waals surface area contributed by atoms with Crippen LogP contribution in [0.15, 0.2) is 101 Å². The molecular weight excluding hydrogens is 590 g/mol. The number of carboxylic acid groups (broad SMARTS) is 1. The maximum absolute atomic E-state index is 13.9. The number of nitro groups is 1. The zero-order valence-corrected chi connectivity index (χ0v) is 24.0. The first-order valence-electron chi connectivity index (χ1n) is 13.3. The van der Waals surface area contributed by atoms with Crippen molar-refractivity contribution in [1.82, 2.24) is 4.90 Å². The third-order valence-electron chi connectivity index (χ3n) is 7.05. The Morgan fingerprint density at radius 1 is 1.07 bits per heavy atom. The third-order valence-corrected chi connectivity index (χ3v) is 8.43. The number of benzene rings is 3. The maximum atomic E-state index is 13.9. The van der Waals surface area contributed by atoms with Crippen LogP contribution in [0.1, 0.15) is 29.7 Å². The van der Waals surface area contributed by atoms with E-state index in [1.54, 1.807) is 48.5 Å². The Morgan fingerprint density at radius 3 is 2.18 bits per heavy atom. The van der Waals surface area contributed by atoms with Crippen molar-refractivity contribution < 1.29 is 38.7 Å². The number of hydrogen-bond donors (Lipinski definition) is 1. The lowest BCUT2D eigenvalue weighted by atomic mass is 9.86. The highest BCUT2D eigenvalue weighted by atomic mass is 32.2. The standard InChI is InChI=1S/C31H25N3O9S/c1-19(35)42-17-23-18-44-29-31(30(38)39,32-16-20-12-14-24(15-13-20)34(40)41)28(37)33(29)25(23)27(36)43-26(21-8-4-2-5-9-21)22-10-6-3-7-11-22/h2-16,26,29H,17-18H2,1H3,(H,38,39)/t29-,31?/m1/s1. The molecule has 3 aromatic carbocycles. The van der Waals surface area contributed by atoms with E-state index in [9.17, 15) is 34.4 Å². The molecule has 13 heteroatoms. The first-order valence-corrected chi connectivity index (χ1v) is 14.3. The predicted molar refractivity (Wildman–Crippen MR) is 159 cm³/mol. The van der Waals surface area contributed by atoms with Gasteiger partial charge >= 0.3 is 17.9 Å². The number of thioether (sulfide) groups is 1. The van der Waals surface area contributed by atoms with Crippen molar-refractivity contribution in [2.75, 3.05) is 12.4 Å². The molecule has 1 N–H and O–H groups in total. The van der Waals surface area contributed by atoms with Gasteiger partial charge in [0.1, 0.15) is 17.7 Å². The van der Waals surface area contributed by atoms with Crippen LogP contribution in [-0.4, -0.2) is 68.2 Å². The van der Waals surface area contributed by atoms with Crippen LogP contribution in [-0.2, 0) is 28.7 Å². The Labute approximate surface area is 255 Å². The summed E-state index contributed by atoms with van der Waals surface area (Å²) in [4.78, 5) is 67.4. The second kappa shape index (κ2) is 12.5. The number of ether oxygens (including phenoxy) is 2. The summed E-state index contributed by atoms with van der Waals surface area (Å²) in [7, 11) is 0. The van der Waals surface area contributed by atoms with E-state index >= 15 is 0 Å². The van der Waals surface area contributed by atoms with Gasteiger partial charge in [-0.3, -0.25) is 29.6 Å². The van der Waals surface area contributed by atoms with Crippen LogP contribution >= 0.6 is 11.8 Å². The molecular formula is C31H25N3O9S. The monoisotopic (exact) mass is 615 g/mol. The van der Waals surface area contributed by atoms with Crippen LogP contribution in [0.25, 0.3) is 0 Å². The molecule has 0 aliphatic carbocycles. The van der Waals surface area contributed by atoms with E-state index in [0.29, 0.717) is 16.7 Å². The van der Waals surface area contributed by atoms with Gasteiger partial charge in [0.2, 0.25) is 0 Å². The second-order valence-electron chi connectivity index (χ2n) is 9.86. The number of aliphatic carboxylic acids is 1. The van der Waals surface area contributed by atoms with Crippen LogP contribution in [0.5, 0.6) is 0 Å². The van der Waals surface area contributed by atoms with Crippen LogP contribution in [0.4, 0.5) is 5.69 Å². The lowest BCUT2D eigenvalue weighted by molar-refractivity contribution is -0.384. The van der Waals surface area contributed by atoms with Gasteiger partial charge in [-0.2, -0.15) is 0 Å². The molecule has 0 bridgehead atoms. The van der Waals surface area contributed by atoms with Gasteiger partial charge in [-0.1, -0.05) is 60.7 Å². The molecule has 2 aliphatic heterocycles. The van der Waals surface area contributed by atoms with Gasteiger partial charge in [-0.05, 0) is 28.8 Å². The fourth-order valence-electron chi connectivity index (χ4n) is 4.87. The molecule has 1 saturated heterocycles. The minimum atomic E-state index is -2.27. The number of rotatable bonds is 10. The summed E-state index contributed by atoms with van der Waals surface area (Å²) < 4.78 is 11.2. The predicted octanol–water partition coefficient (Wildman–Crippen LogP) is 3.90. The van der Waals surface area contributed by atoms with Crippen LogP contribution in [0.2, 0.25) is 0 Å². The molecule has 2 aliphatic rings. The number of carbonyl (C=O) groups excluding carboxylic acids is 3. The Bertz CT molecular complexity index is 1640. The summed E-state index contributed by atoms with van der Waals surface area (Å²) in [5.41, 5.74) is -0.707. The van der Waals surface area contributed by atoms with Crippen LogP contribution < -0.4 is 0 Å². The molecule has 3 aromatic rings. The minimum absolute atomic E-state index is 0.0512. The average molecular weight is 616 g/mol. The number of fused-ring (bicyclic) bond motifs is 1. The van der Waals surface area contributed by atoms with E-state index in [4.69, 9.17) is 9.47 Å². The van der Waals surface area contributed by atoms with Gasteiger partial charge < -0.3 is 14.6 Å². The van der Waals surface area contributed by atoms with Crippen molar-refractivity contribution in [2.45, 2.75) is 23.9 Å². The van der Waals surface area contributed by atoms with Crippen molar-refractivity contribution in [3.05, 3.63) is 123 Å². The first kappa shape index (κ1) is 30.2. The fraction of sp³-hybridized carbons (Fsp3) is 0.194. The number of esters is 2. The van der Waals surface area contributed by atoms with Gasteiger partial charge in [-0.15, -0.1) is 11.8 Å². The summed E-state index contributed by atoms with van der Waals surface area (Å²) in [5, 5.41) is 20.1. The molecule has 2 heterocycles. The molecule has 0 radical (unpaired) electrons. The highest BCUT2D eigenvalue weighted by Crippen LogP contribution is 2.49. The summed E-state index contributed by atoms with van der Waals surface area (Å²) >= 11 is 1.05. The third kappa shape index (κ3) is 5.69. The number of nitro benzene ring substituents is 1. The van der Waals surface area contributed by atoms with Gasteiger partial charge in [-0.25, -0.2) is 9.59 Å². The Hall–Kier alpha value is -5.30. The molecule has 224 valence electrons. The van der Waals surface area contributed by atoms with Gasteiger partial charge in [0.05, 0.1) is 4.92 Å². The number of non-ortho nitro benzene ring substituents is 1. The number of amides is 1. The Morgan fingerprint density at radius 2 is 1.66 bits per heavy atom. The van der Waals surface area contributed by atoms with Crippen molar-refractivity contribution in [3.63, 3.8) is 0 Å². The Balaban J connectivity index is 1.50. The van der Waals surface area contributed by atoms with Crippen molar-refractivity contribution in [2.24, 2.45) is 4.99 Å². The Kier molecular flexibility index (Phi) is 8.58. The SMILES string of the molecule is CC(=O)OCC1=C(C(=O)OC(c2ccccc2)c2ccccc2)N2C(=O)C(N=Cc3ccc([N+](=O)[O-])cc3)(C(=O)O)[C@H]2SC1. The summed E-state index contributed by atoms with van der Waals surface area (Å²) in [6.45, 7) is 0.895. The first-order chi connectivity index (χ1) is 21.1. The largest absolute Gasteiger partial charge is 0.479 e. The minimum Gasteiger partial charge on any atom is -0.479 e. The van der Waals surface area contributed by atoms with Crippen molar-refractivity contribution in [3.8, 4) is 0 Å². The van der Waals surface area contributed by atoms with E-state index in [0.717, 1.165) is 22.9 Å². The molecule has 0 aromatic heterocycles. The lowest BCUT2D eigenvalue weighted by Crippen LogP contribution is -2.76. The quantitative estimate of drug-likeness (QED) is 0.0883. The molecule has 0 saturated carbocycles. The number of aliphatic imine (C=N–C) groups is 1.